The minimum absolute atomic E-state index is 0.478. The van der Waals surface area contributed by atoms with Gasteiger partial charge in [0.2, 0.25) is 0 Å². The van der Waals surface area contributed by atoms with Crippen LogP contribution in [0.5, 0.6) is 0 Å². The summed E-state index contributed by atoms with van der Waals surface area (Å²) in [5.74, 6) is 6.96. The molecule has 1 unspecified atom stereocenters. The molecular formula is C18H18. The van der Waals surface area contributed by atoms with Crippen LogP contribution >= 0.6 is 0 Å². The predicted molar refractivity (Wildman–Crippen MR) is 78.2 cm³/mol. The van der Waals surface area contributed by atoms with Crippen molar-refractivity contribution >= 4 is 0 Å². The molecule has 0 fully saturated rings. The Morgan fingerprint density at radius 3 is 2.67 bits per heavy atom. The molecule has 0 spiro atoms. The minimum Gasteiger partial charge on any atom is -0.0987 e. The van der Waals surface area contributed by atoms with Gasteiger partial charge in [0, 0.05) is 11.1 Å². The van der Waals surface area contributed by atoms with E-state index >= 15 is 0 Å². The molecule has 0 amide bonds. The smallest absolute Gasteiger partial charge is 0.0281 e. The first-order valence-corrected chi connectivity index (χ1v) is 6.39. The summed E-state index contributed by atoms with van der Waals surface area (Å²) in [6.07, 6.45) is 5.91. The molecule has 1 aromatic carbocycles. The summed E-state index contributed by atoms with van der Waals surface area (Å²) >= 11 is 0. The molecule has 0 radical (unpaired) electrons. The number of allylic oxidation sites excluding steroid dienone is 4. The van der Waals surface area contributed by atoms with E-state index in [0.717, 1.165) is 24.0 Å². The minimum atomic E-state index is 0.478. The van der Waals surface area contributed by atoms with E-state index in [2.05, 4.69) is 50.1 Å². The lowest BCUT2D eigenvalue weighted by Gasteiger charge is -2.20. The molecule has 90 valence electrons. The van der Waals surface area contributed by atoms with Gasteiger partial charge in [-0.3, -0.25) is 0 Å². The van der Waals surface area contributed by atoms with Gasteiger partial charge in [-0.25, -0.2) is 0 Å². The maximum atomic E-state index is 3.94. The lowest BCUT2D eigenvalue weighted by Crippen LogP contribution is -2.10. The second-order valence-corrected chi connectivity index (χ2v) is 4.49. The molecule has 0 saturated carbocycles. The van der Waals surface area contributed by atoms with Crippen LogP contribution in [-0.2, 0) is 6.42 Å². The van der Waals surface area contributed by atoms with Gasteiger partial charge in [-0.05, 0) is 36.0 Å². The molecule has 1 atom stereocenters. The van der Waals surface area contributed by atoms with Crippen LogP contribution in [0.3, 0.4) is 0 Å². The average molecular weight is 234 g/mol. The van der Waals surface area contributed by atoms with Crippen molar-refractivity contribution in [1.82, 2.24) is 0 Å². The molecule has 1 aromatic rings. The lowest BCUT2D eigenvalue weighted by atomic mass is 9.84. The highest BCUT2D eigenvalue weighted by Gasteiger charge is 2.16. The van der Waals surface area contributed by atoms with Crippen LogP contribution < -0.4 is 0 Å². The van der Waals surface area contributed by atoms with Crippen molar-refractivity contribution in [2.45, 2.75) is 19.8 Å². The summed E-state index contributed by atoms with van der Waals surface area (Å²) in [5.41, 5.74) is 4.72. The highest BCUT2D eigenvalue weighted by Crippen LogP contribution is 2.27. The van der Waals surface area contributed by atoms with Gasteiger partial charge >= 0.3 is 0 Å². The lowest BCUT2D eigenvalue weighted by molar-refractivity contribution is 0.598. The van der Waals surface area contributed by atoms with Gasteiger partial charge < -0.3 is 0 Å². The van der Waals surface area contributed by atoms with Crippen molar-refractivity contribution in [3.05, 3.63) is 71.8 Å². The van der Waals surface area contributed by atoms with E-state index in [0.29, 0.717) is 5.92 Å². The molecule has 0 nitrogen and oxygen atoms in total. The van der Waals surface area contributed by atoms with E-state index in [1.807, 2.05) is 18.2 Å². The molecule has 1 aliphatic carbocycles. The summed E-state index contributed by atoms with van der Waals surface area (Å²) in [7, 11) is 0. The molecule has 0 aromatic heterocycles. The Hall–Kier alpha value is -2.00. The van der Waals surface area contributed by atoms with Crippen LogP contribution in [0.1, 0.15) is 24.5 Å². The van der Waals surface area contributed by atoms with E-state index in [-0.39, 0.29) is 0 Å². The number of rotatable bonds is 3. The SMILES string of the molecule is C=C/C1=C(\C=C)C(CC)Cc2ccccc2C#C1. The third kappa shape index (κ3) is 2.31. The number of hydrogen-bond donors (Lipinski definition) is 0. The van der Waals surface area contributed by atoms with Crippen molar-refractivity contribution in [1.29, 1.82) is 0 Å². The third-order valence-corrected chi connectivity index (χ3v) is 3.48. The van der Waals surface area contributed by atoms with Crippen molar-refractivity contribution in [3.63, 3.8) is 0 Å². The van der Waals surface area contributed by atoms with E-state index in [4.69, 9.17) is 0 Å². The summed E-state index contributed by atoms with van der Waals surface area (Å²) in [6, 6.07) is 8.39. The molecule has 0 saturated heterocycles. The van der Waals surface area contributed by atoms with E-state index < -0.39 is 0 Å². The van der Waals surface area contributed by atoms with Gasteiger partial charge in [0.1, 0.15) is 0 Å². The standard InChI is InChI=1S/C18H18/c1-4-14-11-12-16-9-7-8-10-17(16)13-15(5-2)18(14)6-3/h4,6-10,15H,1,3,5,13H2,2H3/b18-14-. The monoisotopic (exact) mass is 234 g/mol. The molecule has 18 heavy (non-hydrogen) atoms. The summed E-state index contributed by atoms with van der Waals surface area (Å²) < 4.78 is 0. The zero-order valence-corrected chi connectivity index (χ0v) is 10.9. The molecule has 2 rings (SSSR count). The predicted octanol–water partition coefficient (Wildman–Crippen LogP) is 4.29. The zero-order chi connectivity index (χ0) is 13.0. The molecule has 0 N–H and O–H groups in total. The molecule has 0 heterocycles. The largest absolute Gasteiger partial charge is 0.0987 e. The summed E-state index contributed by atoms with van der Waals surface area (Å²) in [4.78, 5) is 0. The fraction of sp³-hybridized carbons (Fsp3) is 0.222. The second-order valence-electron chi connectivity index (χ2n) is 4.49. The Morgan fingerprint density at radius 2 is 2.00 bits per heavy atom. The Morgan fingerprint density at radius 1 is 1.22 bits per heavy atom. The molecular weight excluding hydrogens is 216 g/mol. The van der Waals surface area contributed by atoms with Gasteiger partial charge in [0.15, 0.2) is 0 Å². The second kappa shape index (κ2) is 5.56. The Balaban J connectivity index is 2.61. The fourth-order valence-electron chi connectivity index (χ4n) is 2.43. The van der Waals surface area contributed by atoms with Crippen LogP contribution in [0.15, 0.2) is 60.7 Å². The number of fused-ring (bicyclic) bond motifs is 1. The van der Waals surface area contributed by atoms with Crippen molar-refractivity contribution in [2.24, 2.45) is 5.92 Å². The van der Waals surface area contributed by atoms with Gasteiger partial charge in [-0.1, -0.05) is 62.3 Å². The quantitative estimate of drug-likeness (QED) is 0.684. The summed E-state index contributed by atoms with van der Waals surface area (Å²) in [6.45, 7) is 10.0. The highest BCUT2D eigenvalue weighted by molar-refractivity contribution is 5.53. The maximum Gasteiger partial charge on any atom is 0.0281 e. The van der Waals surface area contributed by atoms with Crippen molar-refractivity contribution in [3.8, 4) is 11.8 Å². The van der Waals surface area contributed by atoms with E-state index in [9.17, 15) is 0 Å². The van der Waals surface area contributed by atoms with Crippen molar-refractivity contribution in [2.75, 3.05) is 0 Å². The van der Waals surface area contributed by atoms with Gasteiger partial charge in [-0.15, -0.1) is 0 Å². The Labute approximate surface area is 110 Å². The van der Waals surface area contributed by atoms with Crippen LogP contribution in [0.25, 0.3) is 0 Å². The first kappa shape index (κ1) is 12.5. The van der Waals surface area contributed by atoms with Gasteiger partial charge in [0.25, 0.3) is 0 Å². The Bertz CT molecular complexity index is 561. The van der Waals surface area contributed by atoms with E-state index in [1.54, 1.807) is 0 Å². The maximum absolute atomic E-state index is 3.94. The molecule has 0 aliphatic heterocycles. The first-order chi connectivity index (χ1) is 8.80. The topological polar surface area (TPSA) is 0 Å². The first-order valence-electron chi connectivity index (χ1n) is 6.39. The number of hydrogen-bond acceptors (Lipinski definition) is 0. The fourth-order valence-corrected chi connectivity index (χ4v) is 2.43. The average Bonchev–Trinajstić information content (AvgIpc) is 2.40. The van der Waals surface area contributed by atoms with Gasteiger partial charge in [-0.2, -0.15) is 0 Å². The van der Waals surface area contributed by atoms with Gasteiger partial charge in [0.05, 0.1) is 0 Å². The van der Waals surface area contributed by atoms with E-state index in [1.165, 1.54) is 11.1 Å². The molecule has 0 heteroatoms. The number of benzene rings is 1. The zero-order valence-electron chi connectivity index (χ0n) is 10.9. The highest BCUT2D eigenvalue weighted by atomic mass is 14.2. The van der Waals surface area contributed by atoms with Crippen LogP contribution in [0.4, 0.5) is 0 Å². The summed E-state index contributed by atoms with van der Waals surface area (Å²) in [5, 5.41) is 0. The molecule has 1 aliphatic rings. The Kier molecular flexibility index (Phi) is 3.85. The van der Waals surface area contributed by atoms with Crippen LogP contribution in [0, 0.1) is 17.8 Å². The van der Waals surface area contributed by atoms with Crippen LogP contribution in [-0.4, -0.2) is 0 Å². The normalized spacial score (nSPS) is 21.9. The third-order valence-electron chi connectivity index (χ3n) is 3.48. The van der Waals surface area contributed by atoms with Crippen LogP contribution in [0.2, 0.25) is 0 Å². The van der Waals surface area contributed by atoms with Crippen molar-refractivity contribution < 1.29 is 0 Å². The molecule has 0 bridgehead atoms.